The molecule has 0 atom stereocenters. The van der Waals surface area contributed by atoms with E-state index in [1.165, 1.54) is 11.1 Å². The molecule has 27 heavy (non-hydrogen) atoms. The molecule has 7 nitrogen and oxygen atoms in total. The normalized spacial score (nSPS) is 17.6. The fourth-order valence-corrected chi connectivity index (χ4v) is 3.85. The average molecular weight is 368 g/mol. The second-order valence-electron chi connectivity index (χ2n) is 7.29. The Kier molecular flexibility index (Phi) is 5.09. The van der Waals surface area contributed by atoms with E-state index >= 15 is 0 Å². The van der Waals surface area contributed by atoms with Crippen LogP contribution in [-0.2, 0) is 17.6 Å². The predicted octanol–water partition coefficient (Wildman–Crippen LogP) is 2.16. The van der Waals surface area contributed by atoms with Gasteiger partial charge in [-0.2, -0.15) is 5.10 Å². The Morgan fingerprint density at radius 3 is 2.48 bits per heavy atom. The molecule has 4 rings (SSSR count). The van der Waals surface area contributed by atoms with Gasteiger partial charge < -0.3 is 15.0 Å². The summed E-state index contributed by atoms with van der Waals surface area (Å²) in [5, 5.41) is 9.36. The van der Waals surface area contributed by atoms with Crippen molar-refractivity contribution in [1.29, 1.82) is 0 Å². The van der Waals surface area contributed by atoms with Crippen LogP contribution in [0.15, 0.2) is 36.5 Å². The first kappa shape index (κ1) is 17.6. The monoisotopic (exact) mass is 368 g/mol. The molecule has 1 aliphatic heterocycles. The summed E-state index contributed by atoms with van der Waals surface area (Å²) < 4.78 is 5.72. The molecule has 2 heterocycles. The third-order valence-corrected chi connectivity index (χ3v) is 5.45. The third-order valence-electron chi connectivity index (χ3n) is 5.45. The predicted molar refractivity (Wildman–Crippen MR) is 99.3 cm³/mol. The molecule has 0 bridgehead atoms. The Balaban J connectivity index is 1.19. The summed E-state index contributed by atoms with van der Waals surface area (Å²) in [5.74, 6) is 0.229. The number of rotatable bonds is 4. The molecule has 1 fully saturated rings. The minimum Gasteiger partial charge on any atom is -0.445 e. The maximum Gasteiger partial charge on any atom is 0.410 e. The van der Waals surface area contributed by atoms with Crippen LogP contribution in [-0.4, -0.2) is 52.8 Å². The lowest BCUT2D eigenvalue weighted by Gasteiger charge is -2.32. The van der Waals surface area contributed by atoms with Crippen molar-refractivity contribution in [2.75, 3.05) is 19.6 Å². The molecule has 1 aromatic heterocycles. The zero-order valence-corrected chi connectivity index (χ0v) is 15.2. The fourth-order valence-electron chi connectivity index (χ4n) is 3.85. The lowest BCUT2D eigenvalue weighted by molar-refractivity contribution is 0.0560. The Morgan fingerprint density at radius 1 is 1.15 bits per heavy atom. The van der Waals surface area contributed by atoms with Crippen LogP contribution in [0.3, 0.4) is 0 Å². The SMILES string of the molecule is O=C(NCC1CCN(C(=O)OC2Cc3ccccc3C2)CC1)c1ccn[nH]1. The number of benzene rings is 1. The zero-order chi connectivity index (χ0) is 18.6. The molecule has 142 valence electrons. The van der Waals surface area contributed by atoms with Crippen LogP contribution >= 0.6 is 0 Å². The Bertz CT molecular complexity index is 772. The number of nitrogens with zero attached hydrogens (tertiary/aromatic N) is 2. The standard InChI is InChI=1S/C20H24N4O3/c25-19(18-5-8-22-23-18)21-13-14-6-9-24(10-7-14)20(26)27-17-11-15-3-1-2-4-16(15)12-17/h1-5,8,14,17H,6-7,9-13H2,(H,21,25)(H,22,23). The van der Waals surface area contributed by atoms with Gasteiger partial charge in [0.2, 0.25) is 0 Å². The molecule has 0 unspecified atom stereocenters. The van der Waals surface area contributed by atoms with E-state index in [-0.39, 0.29) is 18.1 Å². The second kappa shape index (κ2) is 7.82. The van der Waals surface area contributed by atoms with Crippen molar-refractivity contribution in [2.45, 2.75) is 31.8 Å². The number of piperidine rings is 1. The van der Waals surface area contributed by atoms with Gasteiger partial charge in [-0.15, -0.1) is 0 Å². The van der Waals surface area contributed by atoms with E-state index in [1.54, 1.807) is 17.2 Å². The minimum atomic E-state index is -0.215. The maximum absolute atomic E-state index is 12.5. The van der Waals surface area contributed by atoms with Gasteiger partial charge in [0.15, 0.2) is 0 Å². The van der Waals surface area contributed by atoms with E-state index in [9.17, 15) is 9.59 Å². The molecule has 0 saturated carbocycles. The van der Waals surface area contributed by atoms with Crippen molar-refractivity contribution in [3.8, 4) is 0 Å². The Hall–Kier alpha value is -2.83. The van der Waals surface area contributed by atoms with Gasteiger partial charge in [0.25, 0.3) is 5.91 Å². The fraction of sp³-hybridized carbons (Fsp3) is 0.450. The number of aromatic nitrogens is 2. The number of H-pyrrole nitrogens is 1. The van der Waals surface area contributed by atoms with Crippen molar-refractivity contribution in [3.05, 3.63) is 53.3 Å². The molecular formula is C20H24N4O3. The summed E-state index contributed by atoms with van der Waals surface area (Å²) >= 11 is 0. The van der Waals surface area contributed by atoms with Gasteiger partial charge in [-0.25, -0.2) is 4.79 Å². The highest BCUT2D eigenvalue weighted by atomic mass is 16.6. The number of fused-ring (bicyclic) bond motifs is 1. The summed E-state index contributed by atoms with van der Waals surface area (Å²) in [4.78, 5) is 26.2. The van der Waals surface area contributed by atoms with Crippen LogP contribution in [0, 0.1) is 5.92 Å². The van der Waals surface area contributed by atoms with Gasteiger partial charge >= 0.3 is 6.09 Å². The number of amides is 2. The van der Waals surface area contributed by atoms with E-state index in [2.05, 4.69) is 27.6 Å². The molecule has 0 spiro atoms. The molecule has 1 saturated heterocycles. The molecule has 2 aliphatic rings. The molecular weight excluding hydrogens is 344 g/mol. The summed E-state index contributed by atoms with van der Waals surface area (Å²) in [6.07, 6.45) is 4.62. The molecule has 2 aromatic rings. The number of hydrogen-bond acceptors (Lipinski definition) is 4. The van der Waals surface area contributed by atoms with Crippen LogP contribution in [0.1, 0.15) is 34.5 Å². The van der Waals surface area contributed by atoms with E-state index in [0.717, 1.165) is 25.7 Å². The lowest BCUT2D eigenvalue weighted by atomic mass is 9.97. The third kappa shape index (κ3) is 4.13. The number of ether oxygens (including phenoxy) is 1. The van der Waals surface area contributed by atoms with Gasteiger partial charge in [-0.1, -0.05) is 24.3 Å². The first-order chi connectivity index (χ1) is 13.2. The van der Waals surface area contributed by atoms with E-state index in [0.29, 0.717) is 31.2 Å². The summed E-state index contributed by atoms with van der Waals surface area (Å²) in [6.45, 7) is 1.95. The van der Waals surface area contributed by atoms with E-state index in [1.807, 2.05) is 12.1 Å². The Labute approximate surface area is 158 Å². The van der Waals surface area contributed by atoms with Gasteiger partial charge in [-0.05, 0) is 36.0 Å². The largest absolute Gasteiger partial charge is 0.445 e. The van der Waals surface area contributed by atoms with Gasteiger partial charge in [0, 0.05) is 38.7 Å². The van der Waals surface area contributed by atoms with Crippen molar-refractivity contribution in [1.82, 2.24) is 20.4 Å². The number of carbonyl (C=O) groups is 2. The van der Waals surface area contributed by atoms with Crippen molar-refractivity contribution < 1.29 is 14.3 Å². The van der Waals surface area contributed by atoms with Gasteiger partial charge in [0.05, 0.1) is 0 Å². The molecule has 1 aromatic carbocycles. The van der Waals surface area contributed by atoms with Crippen LogP contribution in [0.4, 0.5) is 4.79 Å². The van der Waals surface area contributed by atoms with Crippen LogP contribution in [0.25, 0.3) is 0 Å². The maximum atomic E-state index is 12.5. The second-order valence-corrected chi connectivity index (χ2v) is 7.29. The Morgan fingerprint density at radius 2 is 1.85 bits per heavy atom. The average Bonchev–Trinajstić information content (AvgIpc) is 3.35. The quantitative estimate of drug-likeness (QED) is 0.866. The minimum absolute atomic E-state index is 0.0543. The molecule has 2 amide bonds. The topological polar surface area (TPSA) is 87.3 Å². The number of aromatic amines is 1. The van der Waals surface area contributed by atoms with Gasteiger partial charge in [0.1, 0.15) is 11.8 Å². The highest BCUT2D eigenvalue weighted by Gasteiger charge is 2.29. The van der Waals surface area contributed by atoms with Crippen LogP contribution < -0.4 is 5.32 Å². The molecule has 1 aliphatic carbocycles. The first-order valence-electron chi connectivity index (χ1n) is 9.49. The number of likely N-dealkylation sites (tertiary alicyclic amines) is 1. The first-order valence-corrected chi connectivity index (χ1v) is 9.49. The summed E-state index contributed by atoms with van der Waals surface area (Å²) in [7, 11) is 0. The van der Waals surface area contributed by atoms with Crippen LogP contribution in [0.5, 0.6) is 0 Å². The van der Waals surface area contributed by atoms with E-state index in [4.69, 9.17) is 4.74 Å². The highest BCUT2D eigenvalue weighted by molar-refractivity contribution is 5.92. The zero-order valence-electron chi connectivity index (χ0n) is 15.2. The summed E-state index contributed by atoms with van der Waals surface area (Å²) in [5.41, 5.74) is 3.03. The highest BCUT2D eigenvalue weighted by Crippen LogP contribution is 2.25. The number of nitrogens with one attached hydrogen (secondary N) is 2. The van der Waals surface area contributed by atoms with Crippen molar-refractivity contribution >= 4 is 12.0 Å². The smallest absolute Gasteiger partial charge is 0.410 e. The summed E-state index contributed by atoms with van der Waals surface area (Å²) in [6, 6.07) is 9.91. The van der Waals surface area contributed by atoms with Crippen LogP contribution in [0.2, 0.25) is 0 Å². The van der Waals surface area contributed by atoms with Crippen molar-refractivity contribution in [2.24, 2.45) is 5.92 Å². The van der Waals surface area contributed by atoms with E-state index < -0.39 is 0 Å². The number of carbonyl (C=O) groups excluding carboxylic acids is 2. The molecule has 7 heteroatoms. The van der Waals surface area contributed by atoms with Crippen molar-refractivity contribution in [3.63, 3.8) is 0 Å². The molecule has 2 N–H and O–H groups in total. The lowest BCUT2D eigenvalue weighted by Crippen LogP contribution is -2.42. The molecule has 0 radical (unpaired) electrons. The number of hydrogen-bond donors (Lipinski definition) is 2. The van der Waals surface area contributed by atoms with Gasteiger partial charge in [-0.3, -0.25) is 9.89 Å².